The summed E-state index contributed by atoms with van der Waals surface area (Å²) in [4.78, 5) is 22.6. The predicted octanol–water partition coefficient (Wildman–Crippen LogP) is 2.36. The van der Waals surface area contributed by atoms with Crippen molar-refractivity contribution in [1.82, 2.24) is 0 Å². The summed E-state index contributed by atoms with van der Waals surface area (Å²) in [6.07, 6.45) is 1.67. The lowest BCUT2D eigenvalue weighted by atomic mass is 9.99. The fraction of sp³-hybridized carbons (Fsp3) is 0.250. The number of esters is 1. The maximum absolute atomic E-state index is 11.4. The Morgan fingerprint density at radius 3 is 2.42 bits per heavy atom. The van der Waals surface area contributed by atoms with E-state index < -0.39 is 11.9 Å². The molecule has 0 fully saturated rings. The highest BCUT2D eigenvalue weighted by atomic mass is 16.5. The molecule has 6 nitrogen and oxygen atoms in total. The third-order valence-corrected chi connectivity index (χ3v) is 4.13. The van der Waals surface area contributed by atoms with E-state index in [1.165, 1.54) is 12.7 Å². The molecule has 3 N–H and O–H groups in total. The molecule has 0 aromatic heterocycles. The average Bonchev–Trinajstić information content (AvgIpc) is 2.65. The van der Waals surface area contributed by atoms with Gasteiger partial charge < -0.3 is 15.8 Å². The summed E-state index contributed by atoms with van der Waals surface area (Å²) < 4.78 is 4.69. The Morgan fingerprint density at radius 2 is 1.88 bits per heavy atom. The maximum Gasteiger partial charge on any atom is 0.337 e. The topological polar surface area (TPSA) is 105 Å². The van der Waals surface area contributed by atoms with Crippen LogP contribution in [0, 0.1) is 18.3 Å². The second-order valence-corrected chi connectivity index (χ2v) is 5.94. The SMILES string of the molecule is COC(=O)c1ccc(CCc2ccc(NC(C#N)C(N)=O)cc2C)cc1. The number of aryl methyl sites for hydroxylation is 3. The highest BCUT2D eigenvalue weighted by Crippen LogP contribution is 2.18. The number of hydrogen-bond donors (Lipinski definition) is 2. The van der Waals surface area contributed by atoms with E-state index in [1.54, 1.807) is 12.1 Å². The van der Waals surface area contributed by atoms with Crippen LogP contribution in [-0.2, 0) is 22.4 Å². The van der Waals surface area contributed by atoms with Gasteiger partial charge in [0.05, 0.1) is 18.7 Å². The number of carbonyl (C=O) groups is 2. The summed E-state index contributed by atoms with van der Waals surface area (Å²) in [5, 5.41) is 11.7. The zero-order valence-electron chi connectivity index (χ0n) is 14.8. The normalized spacial score (nSPS) is 11.3. The second kappa shape index (κ2) is 8.67. The van der Waals surface area contributed by atoms with Crippen molar-refractivity contribution in [3.8, 4) is 6.07 Å². The van der Waals surface area contributed by atoms with Crippen molar-refractivity contribution in [3.05, 3.63) is 64.7 Å². The molecule has 0 aliphatic carbocycles. The molecule has 26 heavy (non-hydrogen) atoms. The maximum atomic E-state index is 11.4. The predicted molar refractivity (Wildman–Crippen MR) is 98.6 cm³/mol. The van der Waals surface area contributed by atoms with Gasteiger partial charge in [-0.2, -0.15) is 5.26 Å². The van der Waals surface area contributed by atoms with E-state index in [0.29, 0.717) is 11.3 Å². The van der Waals surface area contributed by atoms with E-state index in [-0.39, 0.29) is 5.97 Å². The molecule has 0 spiro atoms. The molecule has 0 saturated heterocycles. The molecular weight excluding hydrogens is 330 g/mol. The van der Waals surface area contributed by atoms with Crippen LogP contribution in [0.5, 0.6) is 0 Å². The van der Waals surface area contributed by atoms with E-state index in [4.69, 9.17) is 11.0 Å². The minimum absolute atomic E-state index is 0.345. The van der Waals surface area contributed by atoms with E-state index >= 15 is 0 Å². The number of carbonyl (C=O) groups excluding carboxylic acids is 2. The number of nitriles is 1. The molecule has 0 heterocycles. The van der Waals surface area contributed by atoms with Crippen molar-refractivity contribution in [2.24, 2.45) is 5.73 Å². The van der Waals surface area contributed by atoms with E-state index in [1.807, 2.05) is 43.3 Å². The van der Waals surface area contributed by atoms with Gasteiger partial charge in [-0.1, -0.05) is 18.2 Å². The minimum Gasteiger partial charge on any atom is -0.465 e. The van der Waals surface area contributed by atoms with Gasteiger partial charge in [-0.25, -0.2) is 4.79 Å². The first-order chi connectivity index (χ1) is 12.4. The molecule has 2 aromatic rings. The number of amides is 1. The quantitative estimate of drug-likeness (QED) is 0.745. The number of methoxy groups -OCH3 is 1. The van der Waals surface area contributed by atoms with Crippen LogP contribution in [0.2, 0.25) is 0 Å². The number of nitrogens with two attached hydrogens (primary N) is 1. The molecule has 0 aliphatic rings. The molecule has 0 aliphatic heterocycles. The number of rotatable bonds is 7. The van der Waals surface area contributed by atoms with Crippen molar-refractivity contribution >= 4 is 17.6 Å². The zero-order valence-corrected chi connectivity index (χ0v) is 14.8. The molecule has 6 heteroatoms. The van der Waals surface area contributed by atoms with Gasteiger partial charge in [0, 0.05) is 5.69 Å². The Bertz CT molecular complexity index is 838. The van der Waals surface area contributed by atoms with Crippen LogP contribution in [0.4, 0.5) is 5.69 Å². The van der Waals surface area contributed by atoms with Gasteiger partial charge in [-0.05, 0) is 60.7 Å². The van der Waals surface area contributed by atoms with Crippen molar-refractivity contribution in [2.45, 2.75) is 25.8 Å². The molecule has 134 valence electrons. The van der Waals surface area contributed by atoms with Gasteiger partial charge in [0.2, 0.25) is 0 Å². The van der Waals surface area contributed by atoms with Crippen LogP contribution < -0.4 is 11.1 Å². The zero-order chi connectivity index (χ0) is 19.1. The van der Waals surface area contributed by atoms with Crippen LogP contribution in [0.3, 0.4) is 0 Å². The van der Waals surface area contributed by atoms with Gasteiger partial charge in [0.25, 0.3) is 5.91 Å². The van der Waals surface area contributed by atoms with Gasteiger partial charge in [-0.3, -0.25) is 4.79 Å². The van der Waals surface area contributed by atoms with Crippen LogP contribution in [-0.4, -0.2) is 25.0 Å². The fourth-order valence-corrected chi connectivity index (χ4v) is 2.60. The van der Waals surface area contributed by atoms with Crippen molar-refractivity contribution in [3.63, 3.8) is 0 Å². The Kier molecular flexibility index (Phi) is 6.34. The van der Waals surface area contributed by atoms with Crippen molar-refractivity contribution < 1.29 is 14.3 Å². The summed E-state index contributed by atoms with van der Waals surface area (Å²) in [6.45, 7) is 1.98. The first kappa shape index (κ1) is 19.0. The highest BCUT2D eigenvalue weighted by molar-refractivity contribution is 5.89. The number of nitrogens with zero attached hydrogens (tertiary/aromatic N) is 1. The molecule has 1 amide bonds. The molecule has 2 rings (SSSR count). The summed E-state index contributed by atoms with van der Waals surface area (Å²) in [5.74, 6) is -1.05. The van der Waals surface area contributed by atoms with Crippen molar-refractivity contribution in [1.29, 1.82) is 5.26 Å². The highest BCUT2D eigenvalue weighted by Gasteiger charge is 2.13. The van der Waals surface area contributed by atoms with E-state index in [2.05, 4.69) is 10.1 Å². The summed E-state index contributed by atoms with van der Waals surface area (Å²) >= 11 is 0. The smallest absolute Gasteiger partial charge is 0.337 e. The lowest BCUT2D eigenvalue weighted by molar-refractivity contribution is -0.117. The van der Waals surface area contributed by atoms with Gasteiger partial charge in [0.15, 0.2) is 6.04 Å². The molecule has 1 atom stereocenters. The first-order valence-electron chi connectivity index (χ1n) is 8.17. The number of nitrogens with one attached hydrogen (secondary N) is 1. The van der Waals surface area contributed by atoms with Gasteiger partial charge in [-0.15, -0.1) is 0 Å². The van der Waals surface area contributed by atoms with Gasteiger partial charge in [0.1, 0.15) is 0 Å². The molecular formula is C20H21N3O3. The lowest BCUT2D eigenvalue weighted by Gasteiger charge is -2.12. The van der Waals surface area contributed by atoms with Crippen LogP contribution in [0.25, 0.3) is 0 Å². The third-order valence-electron chi connectivity index (χ3n) is 4.13. The Morgan fingerprint density at radius 1 is 1.19 bits per heavy atom. The first-order valence-corrected chi connectivity index (χ1v) is 8.17. The van der Waals surface area contributed by atoms with Gasteiger partial charge >= 0.3 is 5.97 Å². The Hall–Kier alpha value is -3.33. The largest absolute Gasteiger partial charge is 0.465 e. The average molecular weight is 351 g/mol. The molecule has 0 saturated carbocycles. The molecule has 0 radical (unpaired) electrons. The summed E-state index contributed by atoms with van der Waals surface area (Å²) in [7, 11) is 1.36. The van der Waals surface area contributed by atoms with E-state index in [9.17, 15) is 9.59 Å². The number of benzene rings is 2. The monoisotopic (exact) mass is 351 g/mol. The summed E-state index contributed by atoms with van der Waals surface area (Å²) in [5.41, 5.74) is 9.72. The molecule has 2 aromatic carbocycles. The van der Waals surface area contributed by atoms with E-state index in [0.717, 1.165) is 24.0 Å². The summed E-state index contributed by atoms with van der Waals surface area (Å²) in [6, 6.07) is 13.8. The third kappa shape index (κ3) is 4.84. The number of hydrogen-bond acceptors (Lipinski definition) is 5. The lowest BCUT2D eigenvalue weighted by Crippen LogP contribution is -2.33. The number of anilines is 1. The molecule has 1 unspecified atom stereocenters. The van der Waals surface area contributed by atoms with Crippen LogP contribution >= 0.6 is 0 Å². The standard InChI is InChI=1S/C20H21N3O3/c1-13-11-17(23-18(12-21)19(22)24)10-9-15(13)6-3-14-4-7-16(8-5-14)20(25)26-2/h4-5,7-11,18,23H,3,6H2,1-2H3,(H2,22,24). The second-order valence-electron chi connectivity index (χ2n) is 5.94. The minimum atomic E-state index is -1.05. The molecule has 0 bridgehead atoms. The Balaban J connectivity index is 2.01. The number of primary amides is 1. The van der Waals surface area contributed by atoms with Crippen molar-refractivity contribution in [2.75, 3.05) is 12.4 Å². The Labute approximate surface area is 152 Å². The number of ether oxygens (including phenoxy) is 1. The van der Waals surface area contributed by atoms with Crippen LogP contribution in [0.1, 0.15) is 27.0 Å². The van der Waals surface area contributed by atoms with Crippen LogP contribution in [0.15, 0.2) is 42.5 Å². The fourth-order valence-electron chi connectivity index (χ4n) is 2.60.